The zero-order valence-corrected chi connectivity index (χ0v) is 12.4. The highest BCUT2D eigenvalue weighted by molar-refractivity contribution is 9.10. The molecule has 1 fully saturated rings. The molecule has 0 aliphatic heterocycles. The first-order valence-corrected chi connectivity index (χ1v) is 8.31. The number of sulfonamides is 1. The fourth-order valence-corrected chi connectivity index (χ4v) is 4.49. The smallest absolute Gasteiger partial charge is 0.245 e. The molecule has 2 rings (SSSR count). The first kappa shape index (κ1) is 14.0. The number of nitrogens with one attached hydrogen (secondary N) is 1. The highest BCUT2D eigenvalue weighted by atomic mass is 79.9. The van der Waals surface area contributed by atoms with Gasteiger partial charge < -0.3 is 10.2 Å². The third-order valence-corrected chi connectivity index (χ3v) is 5.50. The van der Waals surface area contributed by atoms with Crippen molar-refractivity contribution < 1.29 is 12.8 Å². The lowest BCUT2D eigenvalue weighted by molar-refractivity contribution is 0.411. The molecule has 0 amide bonds. The number of nitrogens with two attached hydrogens (primary N) is 1. The molecule has 3 N–H and O–H groups in total. The molecule has 1 aromatic rings. The zero-order valence-electron chi connectivity index (χ0n) is 9.99. The molecule has 1 saturated carbocycles. The Labute approximate surface area is 115 Å². The van der Waals surface area contributed by atoms with Crippen LogP contribution in [-0.2, 0) is 16.6 Å². The third kappa shape index (κ3) is 3.14. The summed E-state index contributed by atoms with van der Waals surface area (Å²) in [6, 6.07) is 1.50. The Kier molecular flexibility index (Phi) is 4.47. The molecule has 0 saturated heterocycles. The van der Waals surface area contributed by atoms with Gasteiger partial charge in [-0.05, 0) is 28.8 Å². The van der Waals surface area contributed by atoms with Gasteiger partial charge in [0.25, 0.3) is 0 Å². The topological polar surface area (TPSA) is 85.3 Å². The van der Waals surface area contributed by atoms with E-state index in [9.17, 15) is 8.42 Å². The van der Waals surface area contributed by atoms with Gasteiger partial charge in [0, 0.05) is 12.1 Å². The molecule has 0 radical (unpaired) electrons. The van der Waals surface area contributed by atoms with E-state index in [1.807, 2.05) is 0 Å². The van der Waals surface area contributed by atoms with Crippen LogP contribution in [-0.4, -0.2) is 14.5 Å². The molecular weight excluding hydrogens is 320 g/mol. The van der Waals surface area contributed by atoms with Crippen LogP contribution in [0.5, 0.6) is 0 Å². The van der Waals surface area contributed by atoms with Crippen molar-refractivity contribution in [1.82, 2.24) is 4.72 Å². The van der Waals surface area contributed by atoms with Gasteiger partial charge in [-0.1, -0.05) is 19.3 Å². The average Bonchev–Trinajstić information content (AvgIpc) is 2.72. The Hall–Kier alpha value is -0.370. The lowest BCUT2D eigenvalue weighted by Crippen LogP contribution is -2.36. The van der Waals surface area contributed by atoms with Crippen LogP contribution in [0.15, 0.2) is 20.0 Å². The summed E-state index contributed by atoms with van der Waals surface area (Å²) in [7, 11) is -3.53. The van der Waals surface area contributed by atoms with Gasteiger partial charge in [-0.15, -0.1) is 0 Å². The highest BCUT2D eigenvalue weighted by Gasteiger charge is 2.26. The maximum absolute atomic E-state index is 12.2. The van der Waals surface area contributed by atoms with Crippen molar-refractivity contribution in [2.45, 2.75) is 49.6 Å². The van der Waals surface area contributed by atoms with Crippen molar-refractivity contribution in [3.63, 3.8) is 0 Å². The number of furan rings is 1. The number of rotatable bonds is 4. The minimum absolute atomic E-state index is 0.0341. The first-order valence-electron chi connectivity index (χ1n) is 6.03. The van der Waals surface area contributed by atoms with E-state index in [-0.39, 0.29) is 22.2 Å². The Morgan fingerprint density at radius 3 is 2.61 bits per heavy atom. The molecule has 0 aromatic carbocycles. The Morgan fingerprint density at radius 2 is 2.06 bits per heavy atom. The summed E-state index contributed by atoms with van der Waals surface area (Å²) >= 11 is 3.12. The SMILES string of the molecule is NCc1cc(S(=O)(=O)NC2CCCCC2)c(Br)o1. The molecule has 102 valence electrons. The molecular formula is C11H17BrN2O3S. The van der Waals surface area contributed by atoms with E-state index in [0.717, 1.165) is 25.7 Å². The fraction of sp³-hybridized carbons (Fsp3) is 0.636. The van der Waals surface area contributed by atoms with Crippen molar-refractivity contribution in [3.8, 4) is 0 Å². The fourth-order valence-electron chi connectivity index (χ4n) is 2.18. The average molecular weight is 337 g/mol. The van der Waals surface area contributed by atoms with Crippen molar-refractivity contribution >= 4 is 26.0 Å². The summed E-state index contributed by atoms with van der Waals surface area (Å²) in [4.78, 5) is 0.133. The molecule has 1 aliphatic carbocycles. The van der Waals surface area contributed by atoms with E-state index >= 15 is 0 Å². The van der Waals surface area contributed by atoms with Crippen molar-refractivity contribution in [1.29, 1.82) is 0 Å². The summed E-state index contributed by atoms with van der Waals surface area (Å²) in [6.45, 7) is 0.178. The van der Waals surface area contributed by atoms with Gasteiger partial charge in [0.05, 0.1) is 6.54 Å². The monoisotopic (exact) mass is 336 g/mol. The van der Waals surface area contributed by atoms with Crippen LogP contribution in [0.4, 0.5) is 0 Å². The van der Waals surface area contributed by atoms with Crippen LogP contribution in [0.25, 0.3) is 0 Å². The number of hydrogen-bond donors (Lipinski definition) is 2. The van der Waals surface area contributed by atoms with E-state index in [1.165, 1.54) is 12.5 Å². The van der Waals surface area contributed by atoms with E-state index in [1.54, 1.807) is 0 Å². The van der Waals surface area contributed by atoms with Crippen LogP contribution in [0, 0.1) is 0 Å². The second kappa shape index (κ2) is 5.73. The van der Waals surface area contributed by atoms with Crippen LogP contribution in [0.2, 0.25) is 0 Å². The van der Waals surface area contributed by atoms with Gasteiger partial charge >= 0.3 is 0 Å². The van der Waals surface area contributed by atoms with E-state index in [2.05, 4.69) is 20.7 Å². The lowest BCUT2D eigenvalue weighted by Gasteiger charge is -2.22. The first-order chi connectivity index (χ1) is 8.53. The Balaban J connectivity index is 2.16. The molecule has 0 spiro atoms. The van der Waals surface area contributed by atoms with Crippen LogP contribution < -0.4 is 10.5 Å². The minimum atomic E-state index is -3.53. The Bertz CT molecular complexity index is 506. The van der Waals surface area contributed by atoms with Gasteiger partial charge in [-0.25, -0.2) is 13.1 Å². The second-order valence-electron chi connectivity index (χ2n) is 4.51. The van der Waals surface area contributed by atoms with Gasteiger partial charge in [0.2, 0.25) is 10.0 Å². The largest absolute Gasteiger partial charge is 0.452 e. The van der Waals surface area contributed by atoms with Crippen LogP contribution in [0.3, 0.4) is 0 Å². The third-order valence-electron chi connectivity index (χ3n) is 3.12. The van der Waals surface area contributed by atoms with Crippen LogP contribution in [0.1, 0.15) is 37.9 Å². The summed E-state index contributed by atoms with van der Waals surface area (Å²) < 4.78 is 32.6. The van der Waals surface area contributed by atoms with Gasteiger partial charge in [-0.3, -0.25) is 0 Å². The predicted molar refractivity (Wildman–Crippen MR) is 71.5 cm³/mol. The summed E-state index contributed by atoms with van der Waals surface area (Å²) in [5, 5.41) is 0. The van der Waals surface area contributed by atoms with Gasteiger partial charge in [-0.2, -0.15) is 0 Å². The highest BCUT2D eigenvalue weighted by Crippen LogP contribution is 2.27. The molecule has 1 aromatic heterocycles. The zero-order chi connectivity index (χ0) is 13.2. The molecule has 0 bridgehead atoms. The van der Waals surface area contributed by atoms with Crippen LogP contribution >= 0.6 is 15.9 Å². The molecule has 18 heavy (non-hydrogen) atoms. The van der Waals surface area contributed by atoms with Crippen molar-refractivity contribution in [2.24, 2.45) is 5.73 Å². The number of halogens is 1. The molecule has 0 atom stereocenters. The molecule has 1 aliphatic rings. The maximum Gasteiger partial charge on any atom is 0.245 e. The van der Waals surface area contributed by atoms with Crippen molar-refractivity contribution in [2.75, 3.05) is 0 Å². The normalized spacial score (nSPS) is 18.1. The quantitative estimate of drug-likeness (QED) is 0.881. The van der Waals surface area contributed by atoms with E-state index < -0.39 is 10.0 Å². The molecule has 0 unspecified atom stereocenters. The minimum Gasteiger partial charge on any atom is -0.452 e. The van der Waals surface area contributed by atoms with Crippen molar-refractivity contribution in [3.05, 3.63) is 16.5 Å². The molecule has 7 heteroatoms. The summed E-state index contributed by atoms with van der Waals surface area (Å²) in [5.74, 6) is 0.450. The Morgan fingerprint density at radius 1 is 1.39 bits per heavy atom. The maximum atomic E-state index is 12.2. The standard InChI is InChI=1S/C11H17BrN2O3S/c12-11-10(6-9(7-13)17-11)18(15,16)14-8-4-2-1-3-5-8/h6,8,14H,1-5,7,13H2. The summed E-state index contributed by atoms with van der Waals surface area (Å²) in [5.41, 5.74) is 5.43. The molecule has 5 nitrogen and oxygen atoms in total. The van der Waals surface area contributed by atoms with E-state index in [4.69, 9.17) is 10.2 Å². The lowest BCUT2D eigenvalue weighted by atomic mass is 9.96. The molecule has 1 heterocycles. The number of hydrogen-bond acceptors (Lipinski definition) is 4. The second-order valence-corrected chi connectivity index (χ2v) is 6.91. The summed E-state index contributed by atoms with van der Waals surface area (Å²) in [6.07, 6.45) is 5.14. The van der Waals surface area contributed by atoms with Gasteiger partial charge in [0.1, 0.15) is 10.7 Å². The van der Waals surface area contributed by atoms with Gasteiger partial charge in [0.15, 0.2) is 4.67 Å². The predicted octanol–water partition coefficient (Wildman–Crippen LogP) is 2.11. The van der Waals surface area contributed by atoms with E-state index in [0.29, 0.717) is 5.76 Å².